The highest BCUT2D eigenvalue weighted by molar-refractivity contribution is 5.17. The minimum Gasteiger partial charge on any atom is -0.478 e. The summed E-state index contributed by atoms with van der Waals surface area (Å²) < 4.78 is 40.9. The summed E-state index contributed by atoms with van der Waals surface area (Å²) in [6.45, 7) is 3.79. The molecule has 0 aliphatic carbocycles. The van der Waals surface area contributed by atoms with Crippen LogP contribution in [0.15, 0.2) is 18.3 Å². The first kappa shape index (κ1) is 15.8. The second-order valence-corrected chi connectivity index (χ2v) is 4.25. The molecule has 0 spiro atoms. The van der Waals surface area contributed by atoms with Crippen molar-refractivity contribution >= 4 is 0 Å². The normalized spacial score (nSPS) is 11.6. The molecule has 3 nitrogen and oxygen atoms in total. The predicted octanol–water partition coefficient (Wildman–Crippen LogP) is 3.30. The summed E-state index contributed by atoms with van der Waals surface area (Å²) in [6.07, 6.45) is -2.27. The molecule has 0 amide bonds. The molecule has 0 aliphatic rings. The summed E-state index contributed by atoms with van der Waals surface area (Å²) in [6, 6.07) is 3.53. The summed E-state index contributed by atoms with van der Waals surface area (Å²) >= 11 is 0. The topological polar surface area (TPSA) is 34.1 Å². The fourth-order valence-corrected chi connectivity index (χ4v) is 1.46. The SMILES string of the molecule is CCCNCc1ccc(OCCCC(F)(F)F)nc1. The van der Waals surface area contributed by atoms with Crippen molar-refractivity contribution in [2.24, 2.45) is 0 Å². The molecule has 0 saturated heterocycles. The molecule has 0 atom stereocenters. The third-order valence-corrected chi connectivity index (χ3v) is 2.41. The Labute approximate surface area is 111 Å². The van der Waals surface area contributed by atoms with E-state index in [1.807, 2.05) is 6.07 Å². The van der Waals surface area contributed by atoms with Crippen molar-refractivity contribution in [1.29, 1.82) is 0 Å². The van der Waals surface area contributed by atoms with Crippen molar-refractivity contribution < 1.29 is 17.9 Å². The molecular weight excluding hydrogens is 257 g/mol. The van der Waals surface area contributed by atoms with Crippen LogP contribution in [0.2, 0.25) is 0 Å². The largest absolute Gasteiger partial charge is 0.478 e. The Kier molecular flexibility index (Phi) is 6.62. The van der Waals surface area contributed by atoms with Crippen LogP contribution in [-0.4, -0.2) is 24.3 Å². The van der Waals surface area contributed by atoms with Gasteiger partial charge in [0.2, 0.25) is 5.88 Å². The number of rotatable bonds is 8. The highest BCUT2D eigenvalue weighted by atomic mass is 19.4. The second-order valence-electron chi connectivity index (χ2n) is 4.25. The van der Waals surface area contributed by atoms with Gasteiger partial charge in [0.05, 0.1) is 6.61 Å². The minimum absolute atomic E-state index is 0.0277. The molecule has 0 unspecified atom stereocenters. The van der Waals surface area contributed by atoms with Gasteiger partial charge in [-0.15, -0.1) is 0 Å². The minimum atomic E-state index is -4.12. The van der Waals surface area contributed by atoms with Crippen LogP contribution >= 0.6 is 0 Å². The highest BCUT2D eigenvalue weighted by Gasteiger charge is 2.26. The van der Waals surface area contributed by atoms with Gasteiger partial charge in [-0.3, -0.25) is 0 Å². The average Bonchev–Trinajstić information content (AvgIpc) is 2.36. The van der Waals surface area contributed by atoms with Crippen molar-refractivity contribution in [3.05, 3.63) is 23.9 Å². The molecule has 6 heteroatoms. The van der Waals surface area contributed by atoms with Gasteiger partial charge < -0.3 is 10.1 Å². The first-order chi connectivity index (χ1) is 9.01. The van der Waals surface area contributed by atoms with E-state index in [0.717, 1.165) is 25.1 Å². The average molecular weight is 276 g/mol. The van der Waals surface area contributed by atoms with Crippen molar-refractivity contribution in [2.75, 3.05) is 13.2 Å². The van der Waals surface area contributed by atoms with Crippen molar-refractivity contribution in [1.82, 2.24) is 10.3 Å². The number of hydrogen-bond acceptors (Lipinski definition) is 3. The van der Waals surface area contributed by atoms with Gasteiger partial charge in [-0.25, -0.2) is 4.98 Å². The summed E-state index contributed by atoms with van der Waals surface area (Å²) in [5, 5.41) is 3.23. The number of halogens is 3. The smallest absolute Gasteiger partial charge is 0.389 e. The van der Waals surface area contributed by atoms with E-state index >= 15 is 0 Å². The molecule has 0 aliphatic heterocycles. The number of aromatic nitrogens is 1. The molecule has 0 fully saturated rings. The van der Waals surface area contributed by atoms with E-state index in [1.54, 1.807) is 12.3 Å². The Hall–Kier alpha value is -1.30. The predicted molar refractivity (Wildman–Crippen MR) is 67.0 cm³/mol. The van der Waals surface area contributed by atoms with Gasteiger partial charge in [0.1, 0.15) is 0 Å². The van der Waals surface area contributed by atoms with E-state index in [0.29, 0.717) is 5.88 Å². The third-order valence-electron chi connectivity index (χ3n) is 2.41. The Bertz CT molecular complexity index is 352. The van der Waals surface area contributed by atoms with Crippen LogP contribution in [0.1, 0.15) is 31.7 Å². The lowest BCUT2D eigenvalue weighted by Crippen LogP contribution is -2.14. The van der Waals surface area contributed by atoms with Gasteiger partial charge >= 0.3 is 6.18 Å². The fourth-order valence-electron chi connectivity index (χ4n) is 1.46. The van der Waals surface area contributed by atoms with E-state index < -0.39 is 12.6 Å². The molecule has 1 rings (SSSR count). The van der Waals surface area contributed by atoms with E-state index in [1.165, 1.54) is 0 Å². The zero-order chi connectivity index (χ0) is 14.1. The Balaban J connectivity index is 2.24. The second kappa shape index (κ2) is 7.99. The molecule has 1 aromatic heterocycles. The lowest BCUT2D eigenvalue weighted by atomic mass is 10.3. The molecule has 0 saturated carbocycles. The Morgan fingerprint density at radius 1 is 1.32 bits per heavy atom. The fraction of sp³-hybridized carbons (Fsp3) is 0.615. The number of nitrogens with zero attached hydrogens (tertiary/aromatic N) is 1. The van der Waals surface area contributed by atoms with Crippen LogP contribution in [0.25, 0.3) is 0 Å². The first-order valence-electron chi connectivity index (χ1n) is 6.36. The standard InChI is InChI=1S/C13H19F3N2O/c1-2-7-17-9-11-4-5-12(18-10-11)19-8-3-6-13(14,15)16/h4-5,10,17H,2-3,6-9H2,1H3. The lowest BCUT2D eigenvalue weighted by molar-refractivity contribution is -0.136. The number of nitrogens with one attached hydrogen (secondary N) is 1. The van der Waals surface area contributed by atoms with Crippen LogP contribution in [0.5, 0.6) is 5.88 Å². The quantitative estimate of drug-likeness (QED) is 0.740. The van der Waals surface area contributed by atoms with Crippen molar-refractivity contribution in [3.63, 3.8) is 0 Å². The lowest BCUT2D eigenvalue weighted by Gasteiger charge is -2.08. The van der Waals surface area contributed by atoms with Crippen LogP contribution < -0.4 is 10.1 Å². The van der Waals surface area contributed by atoms with Crippen LogP contribution in [-0.2, 0) is 6.54 Å². The molecule has 0 aromatic carbocycles. The van der Waals surface area contributed by atoms with Crippen molar-refractivity contribution in [2.45, 2.75) is 38.9 Å². The number of ether oxygens (including phenoxy) is 1. The maximum atomic E-state index is 11.9. The van der Waals surface area contributed by atoms with Gasteiger partial charge in [-0.1, -0.05) is 13.0 Å². The zero-order valence-corrected chi connectivity index (χ0v) is 11.0. The van der Waals surface area contributed by atoms with Crippen LogP contribution in [0, 0.1) is 0 Å². The summed E-state index contributed by atoms with van der Waals surface area (Å²) in [5.74, 6) is 0.362. The van der Waals surface area contributed by atoms with Gasteiger partial charge in [-0.05, 0) is 24.9 Å². The van der Waals surface area contributed by atoms with Gasteiger partial charge in [0, 0.05) is 25.2 Å². The highest BCUT2D eigenvalue weighted by Crippen LogP contribution is 2.21. The van der Waals surface area contributed by atoms with E-state index in [9.17, 15) is 13.2 Å². The number of hydrogen-bond donors (Lipinski definition) is 1. The summed E-state index contributed by atoms with van der Waals surface area (Å²) in [7, 11) is 0. The molecule has 0 bridgehead atoms. The Morgan fingerprint density at radius 2 is 2.11 bits per heavy atom. The number of pyridine rings is 1. The molecule has 108 valence electrons. The monoisotopic (exact) mass is 276 g/mol. The van der Waals surface area contributed by atoms with Gasteiger partial charge in [0.15, 0.2) is 0 Å². The van der Waals surface area contributed by atoms with Gasteiger partial charge in [-0.2, -0.15) is 13.2 Å². The van der Waals surface area contributed by atoms with E-state index in [2.05, 4.69) is 17.2 Å². The maximum absolute atomic E-state index is 11.9. The third kappa shape index (κ3) is 7.66. The van der Waals surface area contributed by atoms with Crippen LogP contribution in [0.3, 0.4) is 0 Å². The molecule has 1 N–H and O–H groups in total. The number of alkyl halides is 3. The maximum Gasteiger partial charge on any atom is 0.389 e. The molecule has 0 radical (unpaired) electrons. The Morgan fingerprint density at radius 3 is 2.68 bits per heavy atom. The molecule has 1 heterocycles. The molecule has 19 heavy (non-hydrogen) atoms. The van der Waals surface area contributed by atoms with Crippen LogP contribution in [0.4, 0.5) is 13.2 Å². The first-order valence-corrected chi connectivity index (χ1v) is 6.36. The van der Waals surface area contributed by atoms with E-state index in [4.69, 9.17) is 4.74 Å². The molecular formula is C13H19F3N2O. The molecule has 1 aromatic rings. The van der Waals surface area contributed by atoms with Gasteiger partial charge in [0.25, 0.3) is 0 Å². The summed E-state index contributed by atoms with van der Waals surface area (Å²) in [5.41, 5.74) is 1.02. The van der Waals surface area contributed by atoms with E-state index in [-0.39, 0.29) is 13.0 Å². The van der Waals surface area contributed by atoms with Crippen molar-refractivity contribution in [3.8, 4) is 5.88 Å². The summed E-state index contributed by atoms with van der Waals surface area (Å²) in [4.78, 5) is 4.05. The zero-order valence-electron chi connectivity index (χ0n) is 11.0.